The van der Waals surface area contributed by atoms with Crippen molar-refractivity contribution in [2.75, 3.05) is 12.0 Å². The number of nitrogens with zero attached hydrogens (tertiary/aromatic N) is 3. The average molecular weight is 242 g/mol. The molecule has 0 amide bonds. The Morgan fingerprint density at radius 2 is 2.11 bits per heavy atom. The Labute approximate surface area is 105 Å². The lowest BCUT2D eigenvalue weighted by Gasteiger charge is -2.13. The Morgan fingerprint density at radius 1 is 1.33 bits per heavy atom. The minimum atomic E-state index is 0.492. The van der Waals surface area contributed by atoms with Gasteiger partial charge in [0.1, 0.15) is 5.84 Å². The molecule has 92 valence electrons. The molecule has 0 saturated heterocycles. The second kappa shape index (κ2) is 3.87. The van der Waals surface area contributed by atoms with Gasteiger partial charge in [0.25, 0.3) is 0 Å². The van der Waals surface area contributed by atoms with Crippen LogP contribution in [0.15, 0.2) is 30.3 Å². The van der Waals surface area contributed by atoms with Gasteiger partial charge in [0, 0.05) is 18.7 Å². The van der Waals surface area contributed by atoms with E-state index in [-0.39, 0.29) is 0 Å². The Kier molecular flexibility index (Phi) is 2.33. The summed E-state index contributed by atoms with van der Waals surface area (Å²) < 4.78 is 6.87. The summed E-state index contributed by atoms with van der Waals surface area (Å²) in [5.41, 5.74) is 2.13. The molecule has 2 heterocycles. The van der Waals surface area contributed by atoms with Crippen molar-refractivity contribution < 1.29 is 4.74 Å². The summed E-state index contributed by atoms with van der Waals surface area (Å²) >= 11 is 0. The molecule has 0 bridgehead atoms. The molecule has 0 atom stereocenters. The number of aryl methyl sites for hydroxylation is 1. The van der Waals surface area contributed by atoms with Gasteiger partial charge in [-0.25, -0.2) is 4.68 Å². The van der Waals surface area contributed by atoms with E-state index in [0.29, 0.717) is 18.3 Å². The molecule has 5 heteroatoms. The van der Waals surface area contributed by atoms with Gasteiger partial charge in [-0.05, 0) is 5.56 Å². The average Bonchev–Trinajstić information content (AvgIpc) is 2.91. The second-order valence-electron chi connectivity index (χ2n) is 4.26. The molecule has 1 N–H and O–H groups in total. The normalized spacial score (nSPS) is 13.9. The van der Waals surface area contributed by atoms with E-state index < -0.39 is 0 Å². The molecular formula is C13H14N4O. The van der Waals surface area contributed by atoms with Crippen LogP contribution in [0.3, 0.4) is 0 Å². The lowest BCUT2D eigenvalue weighted by molar-refractivity contribution is 0.373. The van der Waals surface area contributed by atoms with Crippen molar-refractivity contribution in [1.29, 1.82) is 5.41 Å². The number of rotatable bonds is 2. The van der Waals surface area contributed by atoms with Crippen LogP contribution in [-0.4, -0.2) is 22.7 Å². The molecule has 0 saturated carbocycles. The van der Waals surface area contributed by atoms with E-state index in [1.807, 2.05) is 42.3 Å². The molecule has 1 aliphatic rings. The van der Waals surface area contributed by atoms with Crippen molar-refractivity contribution in [2.45, 2.75) is 6.54 Å². The molecule has 0 aliphatic carbocycles. The molecule has 0 spiro atoms. The third-order valence-corrected chi connectivity index (χ3v) is 3.18. The summed E-state index contributed by atoms with van der Waals surface area (Å²) in [6, 6.07) is 9.81. The van der Waals surface area contributed by atoms with Crippen molar-refractivity contribution in [3.63, 3.8) is 0 Å². The summed E-state index contributed by atoms with van der Waals surface area (Å²) in [6.45, 7) is 0.690. The predicted molar refractivity (Wildman–Crippen MR) is 69.2 cm³/mol. The molecule has 5 nitrogen and oxygen atoms in total. The number of ether oxygens (including phenoxy) is 1. The molecule has 18 heavy (non-hydrogen) atoms. The SMILES string of the molecule is COc1cc(N2Cc3ccccc3C2=N)nn1C. The summed E-state index contributed by atoms with van der Waals surface area (Å²) in [6.07, 6.45) is 0. The number of methoxy groups -OCH3 is 1. The topological polar surface area (TPSA) is 54.1 Å². The molecular weight excluding hydrogens is 228 g/mol. The zero-order chi connectivity index (χ0) is 12.7. The highest BCUT2D eigenvalue weighted by Gasteiger charge is 2.27. The van der Waals surface area contributed by atoms with E-state index >= 15 is 0 Å². The van der Waals surface area contributed by atoms with E-state index in [2.05, 4.69) is 5.10 Å². The number of benzene rings is 1. The van der Waals surface area contributed by atoms with Crippen LogP contribution < -0.4 is 9.64 Å². The fourth-order valence-electron chi connectivity index (χ4n) is 2.24. The van der Waals surface area contributed by atoms with E-state index in [4.69, 9.17) is 10.1 Å². The Morgan fingerprint density at radius 3 is 2.78 bits per heavy atom. The Bertz CT molecular complexity index is 617. The molecule has 2 aromatic rings. The number of amidine groups is 1. The summed E-state index contributed by atoms with van der Waals surface area (Å²) in [4.78, 5) is 1.88. The zero-order valence-corrected chi connectivity index (χ0v) is 10.3. The highest BCUT2D eigenvalue weighted by Crippen LogP contribution is 2.29. The minimum Gasteiger partial charge on any atom is -0.481 e. The van der Waals surface area contributed by atoms with Crippen LogP contribution >= 0.6 is 0 Å². The fraction of sp³-hybridized carbons (Fsp3) is 0.231. The first-order valence-corrected chi connectivity index (χ1v) is 5.73. The monoisotopic (exact) mass is 242 g/mol. The van der Waals surface area contributed by atoms with Crippen LogP contribution in [0.1, 0.15) is 11.1 Å². The van der Waals surface area contributed by atoms with Gasteiger partial charge >= 0.3 is 0 Å². The third kappa shape index (κ3) is 1.48. The smallest absolute Gasteiger partial charge is 0.213 e. The summed E-state index contributed by atoms with van der Waals surface area (Å²) in [5, 5.41) is 12.6. The highest BCUT2D eigenvalue weighted by atomic mass is 16.5. The van der Waals surface area contributed by atoms with Crippen molar-refractivity contribution in [3.8, 4) is 5.88 Å². The van der Waals surface area contributed by atoms with Crippen LogP contribution in [-0.2, 0) is 13.6 Å². The maximum absolute atomic E-state index is 8.20. The molecule has 1 aliphatic heterocycles. The van der Waals surface area contributed by atoms with E-state index in [1.165, 1.54) is 0 Å². The van der Waals surface area contributed by atoms with E-state index in [9.17, 15) is 0 Å². The van der Waals surface area contributed by atoms with Gasteiger partial charge in [-0.2, -0.15) is 5.10 Å². The van der Waals surface area contributed by atoms with Crippen LogP contribution in [0, 0.1) is 5.41 Å². The third-order valence-electron chi connectivity index (χ3n) is 3.18. The van der Waals surface area contributed by atoms with Gasteiger partial charge in [-0.1, -0.05) is 24.3 Å². The largest absolute Gasteiger partial charge is 0.481 e. The first-order chi connectivity index (χ1) is 8.70. The molecule has 1 aromatic carbocycles. The number of hydrogen-bond donors (Lipinski definition) is 1. The summed E-state index contributed by atoms with van der Waals surface area (Å²) in [7, 11) is 3.44. The van der Waals surface area contributed by atoms with Crippen molar-refractivity contribution in [3.05, 3.63) is 41.5 Å². The van der Waals surface area contributed by atoms with Crippen LogP contribution in [0.5, 0.6) is 5.88 Å². The number of hydrogen-bond acceptors (Lipinski definition) is 3. The van der Waals surface area contributed by atoms with Crippen LogP contribution in [0.2, 0.25) is 0 Å². The van der Waals surface area contributed by atoms with Crippen LogP contribution in [0.4, 0.5) is 5.82 Å². The lowest BCUT2D eigenvalue weighted by atomic mass is 10.1. The summed E-state index contributed by atoms with van der Waals surface area (Å²) in [5.74, 6) is 1.93. The van der Waals surface area contributed by atoms with Crippen molar-refractivity contribution >= 4 is 11.7 Å². The van der Waals surface area contributed by atoms with Gasteiger partial charge in [0.2, 0.25) is 5.88 Å². The van der Waals surface area contributed by atoms with E-state index in [0.717, 1.165) is 16.9 Å². The minimum absolute atomic E-state index is 0.492. The van der Waals surface area contributed by atoms with Gasteiger partial charge in [0.15, 0.2) is 5.82 Å². The second-order valence-corrected chi connectivity index (χ2v) is 4.26. The number of fused-ring (bicyclic) bond motifs is 1. The predicted octanol–water partition coefficient (Wildman–Crippen LogP) is 1.77. The number of aromatic nitrogens is 2. The van der Waals surface area contributed by atoms with Gasteiger partial charge in [-0.3, -0.25) is 5.41 Å². The maximum Gasteiger partial charge on any atom is 0.213 e. The quantitative estimate of drug-likeness (QED) is 0.873. The Hall–Kier alpha value is -2.30. The molecule has 1 aromatic heterocycles. The molecule has 0 fully saturated rings. The fourth-order valence-corrected chi connectivity index (χ4v) is 2.24. The first kappa shape index (κ1) is 10.8. The number of anilines is 1. The van der Waals surface area contributed by atoms with Crippen molar-refractivity contribution in [1.82, 2.24) is 9.78 Å². The molecule has 0 radical (unpaired) electrons. The molecule has 0 unspecified atom stereocenters. The van der Waals surface area contributed by atoms with Gasteiger partial charge < -0.3 is 9.64 Å². The maximum atomic E-state index is 8.20. The standard InChI is InChI=1S/C13H14N4O/c1-16-12(18-2)7-11(15-16)17-8-9-5-3-4-6-10(9)13(17)14/h3-7,14H,8H2,1-2H3. The molecule has 3 rings (SSSR count). The Balaban J connectivity index is 1.98. The highest BCUT2D eigenvalue weighted by molar-refractivity contribution is 6.11. The van der Waals surface area contributed by atoms with Gasteiger partial charge in [-0.15, -0.1) is 0 Å². The van der Waals surface area contributed by atoms with Gasteiger partial charge in [0.05, 0.1) is 13.7 Å². The zero-order valence-electron chi connectivity index (χ0n) is 10.3. The van der Waals surface area contributed by atoms with Crippen molar-refractivity contribution in [2.24, 2.45) is 7.05 Å². The van der Waals surface area contributed by atoms with Crippen LogP contribution in [0.25, 0.3) is 0 Å². The lowest BCUT2D eigenvalue weighted by Crippen LogP contribution is -2.23. The van der Waals surface area contributed by atoms with E-state index in [1.54, 1.807) is 11.8 Å². The number of nitrogens with one attached hydrogen (secondary N) is 1. The first-order valence-electron chi connectivity index (χ1n) is 5.73.